The number of aryl methyl sites for hydroxylation is 1. The zero-order valence-electron chi connectivity index (χ0n) is 9.27. The number of nitrogens with one attached hydrogen (secondary N) is 1. The fourth-order valence-corrected chi connectivity index (χ4v) is 1.82. The first-order chi connectivity index (χ1) is 7.68. The van der Waals surface area contributed by atoms with Gasteiger partial charge in [-0.2, -0.15) is 0 Å². The van der Waals surface area contributed by atoms with Gasteiger partial charge in [0.15, 0.2) is 0 Å². The minimum absolute atomic E-state index is 0.0791. The second kappa shape index (κ2) is 4.38. The second-order valence-electron chi connectivity index (χ2n) is 3.93. The molecule has 0 radical (unpaired) electrons. The molecule has 0 atom stereocenters. The lowest BCUT2D eigenvalue weighted by atomic mass is 10.3. The van der Waals surface area contributed by atoms with E-state index in [2.05, 4.69) is 5.32 Å². The van der Waals surface area contributed by atoms with Crippen LogP contribution in [0.3, 0.4) is 0 Å². The lowest BCUT2D eigenvalue weighted by Gasteiger charge is -2.19. The average Bonchev–Trinajstić information content (AvgIpc) is 2.55. The molecule has 2 rings (SSSR count). The highest BCUT2D eigenvalue weighted by Gasteiger charge is 2.22. The summed E-state index contributed by atoms with van der Waals surface area (Å²) >= 11 is 0. The monoisotopic (exact) mass is 221 g/mol. The number of hydrogen-bond donors (Lipinski definition) is 1. The minimum atomic E-state index is -0.0833. The summed E-state index contributed by atoms with van der Waals surface area (Å²) in [6.45, 7) is 1.43. The Bertz CT molecular complexity index is 411. The molecule has 0 spiro atoms. The number of nitrogens with zero attached hydrogens (tertiary/aromatic N) is 2. The second-order valence-corrected chi connectivity index (χ2v) is 3.93. The van der Waals surface area contributed by atoms with Crippen LogP contribution in [0, 0.1) is 0 Å². The molecule has 1 aliphatic rings. The van der Waals surface area contributed by atoms with Crippen LogP contribution >= 0.6 is 0 Å². The van der Waals surface area contributed by atoms with Crippen LogP contribution in [-0.4, -0.2) is 40.9 Å². The maximum Gasteiger partial charge on any atom is 0.270 e. The Kier molecular flexibility index (Phi) is 2.94. The average molecular weight is 221 g/mol. The highest BCUT2D eigenvalue weighted by molar-refractivity contribution is 5.95. The summed E-state index contributed by atoms with van der Waals surface area (Å²) in [6.07, 6.45) is 2.63. The third-order valence-corrected chi connectivity index (χ3v) is 2.71. The van der Waals surface area contributed by atoms with E-state index in [-0.39, 0.29) is 18.4 Å². The van der Waals surface area contributed by atoms with Crippen LogP contribution in [0.5, 0.6) is 0 Å². The van der Waals surface area contributed by atoms with E-state index >= 15 is 0 Å². The fraction of sp³-hybridized carbons (Fsp3) is 0.455. The largest absolute Gasteiger partial charge is 0.354 e. The molecule has 16 heavy (non-hydrogen) atoms. The van der Waals surface area contributed by atoms with Gasteiger partial charge in [0.25, 0.3) is 5.91 Å². The molecule has 1 saturated heterocycles. The molecule has 1 fully saturated rings. The maximum atomic E-state index is 12.1. The lowest BCUT2D eigenvalue weighted by molar-refractivity contribution is -0.121. The summed E-state index contributed by atoms with van der Waals surface area (Å²) in [5.41, 5.74) is 0.620. The van der Waals surface area contributed by atoms with Gasteiger partial charge in [0, 0.05) is 26.3 Å². The smallest absolute Gasteiger partial charge is 0.270 e. The minimum Gasteiger partial charge on any atom is -0.354 e. The number of carbonyl (C=O) groups is 2. The van der Waals surface area contributed by atoms with Gasteiger partial charge >= 0.3 is 0 Å². The molecule has 1 N–H and O–H groups in total. The Hall–Kier alpha value is -1.78. The van der Waals surface area contributed by atoms with Gasteiger partial charge in [-0.25, -0.2) is 0 Å². The number of rotatable bonds is 1. The normalized spacial score (nSPS) is 16.8. The Morgan fingerprint density at radius 1 is 1.50 bits per heavy atom. The Morgan fingerprint density at radius 2 is 2.31 bits per heavy atom. The van der Waals surface area contributed by atoms with Crippen LogP contribution in [0.1, 0.15) is 16.9 Å². The summed E-state index contributed by atoms with van der Waals surface area (Å²) in [5.74, 6) is -0.162. The first kappa shape index (κ1) is 10.7. The molecule has 1 aromatic rings. The third-order valence-electron chi connectivity index (χ3n) is 2.71. The van der Waals surface area contributed by atoms with Gasteiger partial charge in [0.05, 0.1) is 6.54 Å². The van der Waals surface area contributed by atoms with Crippen molar-refractivity contribution in [2.24, 2.45) is 7.05 Å². The van der Waals surface area contributed by atoms with Crippen molar-refractivity contribution in [2.75, 3.05) is 19.6 Å². The fourth-order valence-electron chi connectivity index (χ4n) is 1.82. The van der Waals surface area contributed by atoms with Crippen molar-refractivity contribution < 1.29 is 9.59 Å². The van der Waals surface area contributed by atoms with E-state index < -0.39 is 0 Å². The summed E-state index contributed by atoms with van der Waals surface area (Å²) in [5, 5.41) is 2.75. The molecular weight excluding hydrogens is 206 g/mol. The molecule has 0 aliphatic carbocycles. The summed E-state index contributed by atoms with van der Waals surface area (Å²) in [6, 6.07) is 3.59. The van der Waals surface area contributed by atoms with E-state index in [1.807, 2.05) is 19.3 Å². The van der Waals surface area contributed by atoms with E-state index in [0.717, 1.165) is 6.42 Å². The van der Waals surface area contributed by atoms with Gasteiger partial charge < -0.3 is 14.8 Å². The highest BCUT2D eigenvalue weighted by Crippen LogP contribution is 2.07. The van der Waals surface area contributed by atoms with Crippen molar-refractivity contribution in [3.8, 4) is 0 Å². The Labute approximate surface area is 94.0 Å². The SMILES string of the molecule is Cn1cccc1C(=O)N1CCCNC(=O)C1. The number of carbonyl (C=O) groups excluding carboxylic acids is 2. The molecule has 0 unspecified atom stereocenters. The summed E-state index contributed by atoms with van der Waals surface area (Å²) in [4.78, 5) is 25.0. The molecular formula is C11H15N3O2. The summed E-state index contributed by atoms with van der Waals surface area (Å²) in [7, 11) is 1.82. The van der Waals surface area contributed by atoms with Crippen LogP contribution in [-0.2, 0) is 11.8 Å². The van der Waals surface area contributed by atoms with E-state index in [4.69, 9.17) is 0 Å². The predicted molar refractivity (Wildman–Crippen MR) is 58.9 cm³/mol. The van der Waals surface area contributed by atoms with Crippen molar-refractivity contribution in [1.82, 2.24) is 14.8 Å². The molecule has 5 nitrogen and oxygen atoms in total. The van der Waals surface area contributed by atoms with Gasteiger partial charge in [-0.15, -0.1) is 0 Å². The van der Waals surface area contributed by atoms with Crippen LogP contribution in [0.15, 0.2) is 18.3 Å². The number of aromatic nitrogens is 1. The predicted octanol–water partition coefficient (Wildman–Crippen LogP) is -0.0128. The Morgan fingerprint density at radius 3 is 3.00 bits per heavy atom. The van der Waals surface area contributed by atoms with E-state index in [1.54, 1.807) is 15.5 Å². The van der Waals surface area contributed by atoms with Crippen LogP contribution in [0.25, 0.3) is 0 Å². The molecule has 0 saturated carbocycles. The molecule has 0 bridgehead atoms. The van der Waals surface area contributed by atoms with Crippen molar-refractivity contribution in [2.45, 2.75) is 6.42 Å². The first-order valence-corrected chi connectivity index (χ1v) is 5.36. The summed E-state index contributed by atoms with van der Waals surface area (Å²) < 4.78 is 1.77. The molecule has 5 heteroatoms. The molecule has 0 aromatic carbocycles. The van der Waals surface area contributed by atoms with Gasteiger partial charge in [0.1, 0.15) is 5.69 Å². The van der Waals surface area contributed by atoms with Gasteiger partial charge in [-0.3, -0.25) is 9.59 Å². The van der Waals surface area contributed by atoms with Crippen LogP contribution in [0.4, 0.5) is 0 Å². The van der Waals surface area contributed by atoms with E-state index in [9.17, 15) is 9.59 Å². The topological polar surface area (TPSA) is 54.3 Å². The van der Waals surface area contributed by atoms with Gasteiger partial charge in [0.2, 0.25) is 5.91 Å². The quantitative estimate of drug-likeness (QED) is 0.725. The van der Waals surface area contributed by atoms with Crippen molar-refractivity contribution in [3.63, 3.8) is 0 Å². The lowest BCUT2D eigenvalue weighted by Crippen LogP contribution is -2.38. The van der Waals surface area contributed by atoms with Crippen molar-refractivity contribution >= 4 is 11.8 Å². The zero-order chi connectivity index (χ0) is 11.5. The molecule has 86 valence electrons. The first-order valence-electron chi connectivity index (χ1n) is 5.36. The standard InChI is InChI=1S/C11H15N3O2/c1-13-6-2-4-9(13)11(16)14-7-3-5-12-10(15)8-14/h2,4,6H,3,5,7-8H2,1H3,(H,12,15). The van der Waals surface area contributed by atoms with Crippen LogP contribution in [0.2, 0.25) is 0 Å². The van der Waals surface area contributed by atoms with Gasteiger partial charge in [-0.1, -0.05) is 0 Å². The molecule has 1 aliphatic heterocycles. The van der Waals surface area contributed by atoms with Gasteiger partial charge in [-0.05, 0) is 18.6 Å². The zero-order valence-corrected chi connectivity index (χ0v) is 9.27. The highest BCUT2D eigenvalue weighted by atomic mass is 16.2. The Balaban J connectivity index is 2.15. The number of amides is 2. The van der Waals surface area contributed by atoms with Crippen molar-refractivity contribution in [3.05, 3.63) is 24.0 Å². The van der Waals surface area contributed by atoms with Crippen molar-refractivity contribution in [1.29, 1.82) is 0 Å². The van der Waals surface area contributed by atoms with E-state index in [1.165, 1.54) is 0 Å². The molecule has 1 aromatic heterocycles. The number of hydrogen-bond acceptors (Lipinski definition) is 2. The maximum absolute atomic E-state index is 12.1. The van der Waals surface area contributed by atoms with Crippen LogP contribution < -0.4 is 5.32 Å². The molecule has 2 amide bonds. The van der Waals surface area contributed by atoms with E-state index in [0.29, 0.717) is 18.8 Å². The molecule has 2 heterocycles. The third kappa shape index (κ3) is 2.08.